The summed E-state index contributed by atoms with van der Waals surface area (Å²) in [6, 6.07) is 12.3. The molecular weight excluding hydrogens is 384 g/mol. The lowest BCUT2D eigenvalue weighted by atomic mass is 9.98. The number of anilines is 1. The Hall–Kier alpha value is -3.27. The van der Waals surface area contributed by atoms with Crippen LogP contribution in [0.1, 0.15) is 30.5 Å². The van der Waals surface area contributed by atoms with Crippen LogP contribution in [0.4, 0.5) is 11.4 Å². The van der Waals surface area contributed by atoms with Crippen molar-refractivity contribution in [2.45, 2.75) is 19.4 Å². The van der Waals surface area contributed by atoms with Crippen molar-refractivity contribution in [2.24, 2.45) is 5.10 Å². The molecule has 0 saturated carbocycles. The normalized spacial score (nSPS) is 16.6. The second-order valence-corrected chi connectivity index (χ2v) is 8.19. The lowest BCUT2D eigenvalue weighted by Crippen LogP contribution is -2.24. The number of nitrogens with one attached hydrogen (secondary N) is 1. The van der Waals surface area contributed by atoms with E-state index in [4.69, 9.17) is 0 Å². The van der Waals surface area contributed by atoms with Crippen LogP contribution in [0, 0.1) is 10.1 Å². The Morgan fingerprint density at radius 1 is 1.25 bits per heavy atom. The number of nitro groups is 1. The first-order chi connectivity index (χ1) is 13.1. The van der Waals surface area contributed by atoms with Crippen molar-refractivity contribution in [1.82, 2.24) is 5.01 Å². The summed E-state index contributed by atoms with van der Waals surface area (Å²) < 4.78 is 25.3. The van der Waals surface area contributed by atoms with Crippen LogP contribution in [0.15, 0.2) is 53.6 Å². The highest BCUT2D eigenvalue weighted by atomic mass is 32.2. The first-order valence-corrected chi connectivity index (χ1v) is 10.2. The highest BCUT2D eigenvalue weighted by Gasteiger charge is 2.32. The van der Waals surface area contributed by atoms with Crippen LogP contribution in [0.3, 0.4) is 0 Å². The summed E-state index contributed by atoms with van der Waals surface area (Å²) in [4.78, 5) is 22.6. The Kier molecular flexibility index (Phi) is 5.14. The van der Waals surface area contributed by atoms with E-state index in [1.165, 1.54) is 24.1 Å². The van der Waals surface area contributed by atoms with Crippen LogP contribution in [0.25, 0.3) is 0 Å². The van der Waals surface area contributed by atoms with Crippen molar-refractivity contribution in [3.8, 4) is 0 Å². The summed E-state index contributed by atoms with van der Waals surface area (Å²) in [5.41, 5.74) is 2.18. The molecule has 0 bridgehead atoms. The first kappa shape index (κ1) is 19.5. The van der Waals surface area contributed by atoms with Crippen LogP contribution in [-0.2, 0) is 14.8 Å². The van der Waals surface area contributed by atoms with Crippen LogP contribution in [0.2, 0.25) is 0 Å². The topological polar surface area (TPSA) is 122 Å². The molecule has 1 aliphatic heterocycles. The summed E-state index contributed by atoms with van der Waals surface area (Å²) in [6.45, 7) is 1.37. The molecule has 0 aliphatic carbocycles. The van der Waals surface area contributed by atoms with Crippen molar-refractivity contribution in [3.05, 3.63) is 69.8 Å². The molecule has 1 heterocycles. The predicted molar refractivity (Wildman–Crippen MR) is 104 cm³/mol. The fourth-order valence-corrected chi connectivity index (χ4v) is 3.61. The molecule has 1 N–H and O–H groups in total. The fourth-order valence-electron chi connectivity index (χ4n) is 3.06. The van der Waals surface area contributed by atoms with Gasteiger partial charge in [-0.2, -0.15) is 5.10 Å². The summed E-state index contributed by atoms with van der Waals surface area (Å²) >= 11 is 0. The third-order valence-electron chi connectivity index (χ3n) is 4.20. The molecule has 1 aliphatic rings. The van der Waals surface area contributed by atoms with Gasteiger partial charge in [-0.25, -0.2) is 13.4 Å². The van der Waals surface area contributed by atoms with Crippen LogP contribution >= 0.6 is 0 Å². The Morgan fingerprint density at radius 2 is 1.96 bits per heavy atom. The zero-order valence-electron chi connectivity index (χ0n) is 15.2. The number of hydrogen-bond donors (Lipinski definition) is 1. The fraction of sp³-hybridized carbons (Fsp3) is 0.222. The largest absolute Gasteiger partial charge is 0.284 e. The van der Waals surface area contributed by atoms with E-state index >= 15 is 0 Å². The van der Waals surface area contributed by atoms with E-state index in [1.807, 2.05) is 0 Å². The molecule has 1 atom stereocenters. The lowest BCUT2D eigenvalue weighted by Gasteiger charge is -2.20. The van der Waals surface area contributed by atoms with Crippen molar-refractivity contribution >= 4 is 33.0 Å². The van der Waals surface area contributed by atoms with Crippen molar-refractivity contribution < 1.29 is 18.1 Å². The average molecular weight is 402 g/mol. The smallest absolute Gasteiger partial charge is 0.269 e. The number of non-ortho nitro benzene ring substituents is 1. The standard InChI is InChI=1S/C18H18N4O5S/c1-12(23)21-18(14-6-4-8-16(10-14)22(24)25)11-17(19-21)13-5-3-7-15(9-13)20-28(2,26)27/h3-10,18,20H,11H2,1-2H3. The average Bonchev–Trinajstić information content (AvgIpc) is 3.06. The molecule has 0 fully saturated rings. The van der Waals surface area contributed by atoms with Crippen molar-refractivity contribution in [3.63, 3.8) is 0 Å². The van der Waals surface area contributed by atoms with Gasteiger partial charge in [-0.3, -0.25) is 19.6 Å². The van der Waals surface area contributed by atoms with E-state index in [2.05, 4.69) is 9.82 Å². The van der Waals surface area contributed by atoms with Gasteiger partial charge in [-0.1, -0.05) is 24.3 Å². The second-order valence-electron chi connectivity index (χ2n) is 6.44. The maximum atomic E-state index is 12.1. The van der Waals surface area contributed by atoms with Gasteiger partial charge in [0, 0.05) is 31.2 Å². The minimum Gasteiger partial charge on any atom is -0.284 e. The SMILES string of the molecule is CC(=O)N1N=C(c2cccc(NS(C)(=O)=O)c2)CC1c1cccc([N+](=O)[O-])c1. The molecule has 9 nitrogen and oxygen atoms in total. The Bertz CT molecular complexity index is 1080. The van der Waals surface area contributed by atoms with E-state index in [9.17, 15) is 23.3 Å². The summed E-state index contributed by atoms with van der Waals surface area (Å²) in [6.07, 6.45) is 1.41. The molecular formula is C18H18N4O5S. The number of benzene rings is 2. The van der Waals surface area contributed by atoms with E-state index in [0.717, 1.165) is 6.26 Å². The molecule has 146 valence electrons. The van der Waals surface area contributed by atoms with E-state index in [0.29, 0.717) is 28.9 Å². The number of carbonyl (C=O) groups is 1. The number of amides is 1. The minimum absolute atomic E-state index is 0.0613. The van der Waals surface area contributed by atoms with Crippen molar-refractivity contribution in [2.75, 3.05) is 11.0 Å². The third-order valence-corrected chi connectivity index (χ3v) is 4.80. The molecule has 2 aromatic rings. The van der Waals surface area contributed by atoms with Gasteiger partial charge in [0.05, 0.1) is 22.9 Å². The zero-order valence-corrected chi connectivity index (χ0v) is 16.0. The van der Waals surface area contributed by atoms with E-state index in [-0.39, 0.29) is 11.6 Å². The van der Waals surface area contributed by atoms with Gasteiger partial charge in [0.1, 0.15) is 0 Å². The second kappa shape index (κ2) is 7.39. The van der Waals surface area contributed by atoms with Gasteiger partial charge in [0.15, 0.2) is 0 Å². The molecule has 10 heteroatoms. The summed E-state index contributed by atoms with van der Waals surface area (Å²) in [7, 11) is -3.43. The zero-order chi connectivity index (χ0) is 20.5. The Balaban J connectivity index is 1.94. The predicted octanol–water partition coefficient (Wildman–Crippen LogP) is 2.66. The number of nitrogens with zero attached hydrogens (tertiary/aromatic N) is 3. The highest BCUT2D eigenvalue weighted by molar-refractivity contribution is 7.92. The number of carbonyl (C=O) groups excluding carboxylic acids is 1. The number of sulfonamides is 1. The molecule has 0 spiro atoms. The van der Waals surface area contributed by atoms with Gasteiger partial charge in [-0.15, -0.1) is 0 Å². The van der Waals surface area contributed by atoms with Gasteiger partial charge >= 0.3 is 0 Å². The Labute approximate surface area is 161 Å². The first-order valence-electron chi connectivity index (χ1n) is 8.34. The molecule has 28 heavy (non-hydrogen) atoms. The highest BCUT2D eigenvalue weighted by Crippen LogP contribution is 2.34. The molecule has 1 amide bonds. The molecule has 3 rings (SSSR count). The Morgan fingerprint density at radius 3 is 2.61 bits per heavy atom. The monoisotopic (exact) mass is 402 g/mol. The molecule has 0 aromatic heterocycles. The number of nitro benzene ring substituents is 1. The van der Waals surface area contributed by atoms with Crippen LogP contribution < -0.4 is 4.72 Å². The molecule has 1 unspecified atom stereocenters. The van der Waals surface area contributed by atoms with Gasteiger partial charge in [-0.05, 0) is 23.3 Å². The maximum absolute atomic E-state index is 12.1. The van der Waals surface area contributed by atoms with Gasteiger partial charge < -0.3 is 0 Å². The summed E-state index contributed by atoms with van der Waals surface area (Å²) in [5.74, 6) is -0.295. The van der Waals surface area contributed by atoms with E-state index < -0.39 is 21.0 Å². The van der Waals surface area contributed by atoms with Crippen LogP contribution in [0.5, 0.6) is 0 Å². The maximum Gasteiger partial charge on any atom is 0.269 e. The van der Waals surface area contributed by atoms with Gasteiger partial charge in [0.2, 0.25) is 15.9 Å². The van der Waals surface area contributed by atoms with Crippen molar-refractivity contribution in [1.29, 1.82) is 0 Å². The number of hydrazone groups is 1. The van der Waals surface area contributed by atoms with E-state index in [1.54, 1.807) is 36.4 Å². The number of hydrogen-bond acceptors (Lipinski definition) is 6. The van der Waals surface area contributed by atoms with Gasteiger partial charge in [0.25, 0.3) is 5.69 Å². The summed E-state index contributed by atoms with van der Waals surface area (Å²) in [5, 5.41) is 16.7. The minimum atomic E-state index is -3.43. The molecule has 2 aromatic carbocycles. The molecule has 0 radical (unpaired) electrons. The lowest BCUT2D eigenvalue weighted by molar-refractivity contribution is -0.384. The third kappa shape index (κ3) is 4.34. The quantitative estimate of drug-likeness (QED) is 0.608. The number of rotatable bonds is 5. The van der Waals surface area contributed by atoms with Crippen LogP contribution in [-0.4, -0.2) is 36.2 Å². The molecule has 0 saturated heterocycles.